The number of aryl methyl sites for hydroxylation is 2. The molecule has 0 radical (unpaired) electrons. The molecule has 0 aliphatic carbocycles. The van der Waals surface area contributed by atoms with Crippen LogP contribution in [0.4, 0.5) is 0 Å². The van der Waals surface area contributed by atoms with E-state index in [9.17, 15) is 4.79 Å². The predicted molar refractivity (Wildman–Crippen MR) is 181 cm³/mol. The van der Waals surface area contributed by atoms with Crippen LogP contribution in [0, 0.1) is 13.8 Å². The topological polar surface area (TPSA) is 54.9 Å². The van der Waals surface area contributed by atoms with Gasteiger partial charge in [-0.25, -0.2) is 4.98 Å². The second-order valence-electron chi connectivity index (χ2n) is 10.5. The lowest BCUT2D eigenvalue weighted by molar-refractivity contribution is -0.127. The molecule has 0 N–H and O–H groups in total. The molecule has 1 amide bonds. The summed E-state index contributed by atoms with van der Waals surface area (Å²) in [7, 11) is 0. The van der Waals surface area contributed by atoms with Gasteiger partial charge >= 0.3 is 0 Å². The second kappa shape index (κ2) is 15.6. The summed E-state index contributed by atoms with van der Waals surface area (Å²) in [6.45, 7) is 8.33. The number of amides is 1. The van der Waals surface area contributed by atoms with E-state index in [1.165, 1.54) is 11.1 Å². The SMILES string of the molecule is Cc1ccc(CN2CCN(C(=O)/C=C/c3cc(C)c(Oc4ccc(OCc5ccc(Cl)c(Cl)c5)cn4)c(Cl)c3)CC2)cc1.Cl. The molecule has 230 valence electrons. The molecule has 0 unspecified atom stereocenters. The van der Waals surface area contributed by atoms with Crippen molar-refractivity contribution < 1.29 is 14.3 Å². The van der Waals surface area contributed by atoms with Crippen LogP contribution in [0.25, 0.3) is 6.08 Å². The van der Waals surface area contributed by atoms with E-state index in [1.807, 2.05) is 24.0 Å². The summed E-state index contributed by atoms with van der Waals surface area (Å²) >= 11 is 18.6. The molecular formula is C34H33Cl4N3O3. The Morgan fingerprint density at radius 1 is 0.864 bits per heavy atom. The van der Waals surface area contributed by atoms with E-state index in [-0.39, 0.29) is 18.3 Å². The third-order valence-electron chi connectivity index (χ3n) is 7.19. The second-order valence-corrected chi connectivity index (χ2v) is 11.8. The Kier molecular flexibility index (Phi) is 12.0. The number of nitrogens with zero attached hydrogens (tertiary/aromatic N) is 3. The number of carbonyl (C=O) groups excluding carboxylic acids is 1. The van der Waals surface area contributed by atoms with Crippen LogP contribution in [0.1, 0.15) is 27.8 Å². The summed E-state index contributed by atoms with van der Waals surface area (Å²) in [6.07, 6.45) is 4.99. The maximum absolute atomic E-state index is 12.9. The predicted octanol–water partition coefficient (Wildman–Crippen LogP) is 8.81. The molecule has 4 aromatic rings. The fourth-order valence-corrected chi connectivity index (χ4v) is 5.38. The third kappa shape index (κ3) is 9.13. The van der Waals surface area contributed by atoms with Crippen LogP contribution in [-0.4, -0.2) is 46.9 Å². The summed E-state index contributed by atoms with van der Waals surface area (Å²) < 4.78 is 11.8. The first-order chi connectivity index (χ1) is 20.7. The summed E-state index contributed by atoms with van der Waals surface area (Å²) in [6, 6.07) is 21.2. The lowest BCUT2D eigenvalue weighted by Crippen LogP contribution is -2.47. The maximum atomic E-state index is 12.9. The summed E-state index contributed by atoms with van der Waals surface area (Å²) in [5.41, 5.74) is 5.09. The van der Waals surface area contributed by atoms with Crippen molar-refractivity contribution in [3.05, 3.63) is 122 Å². The number of benzene rings is 3. The monoisotopic (exact) mass is 671 g/mol. The van der Waals surface area contributed by atoms with Crippen molar-refractivity contribution in [1.82, 2.24) is 14.8 Å². The van der Waals surface area contributed by atoms with E-state index in [1.54, 1.807) is 48.7 Å². The highest BCUT2D eigenvalue weighted by atomic mass is 35.5. The van der Waals surface area contributed by atoms with Gasteiger partial charge in [0.15, 0.2) is 5.75 Å². The van der Waals surface area contributed by atoms with Gasteiger partial charge in [0, 0.05) is 44.9 Å². The van der Waals surface area contributed by atoms with Crippen LogP contribution in [0.3, 0.4) is 0 Å². The molecule has 6 nitrogen and oxygen atoms in total. The van der Waals surface area contributed by atoms with Crippen LogP contribution in [0.5, 0.6) is 17.4 Å². The standard InChI is InChI=1S/C34H32Cl3N3O3.ClH/c1-23-3-5-25(6-4-23)21-39-13-15-40(16-14-39)33(41)12-8-26-17-24(2)34(31(37)18-26)43-32-11-9-28(20-38-32)42-22-27-7-10-29(35)30(36)19-27;/h3-12,17-20H,13-16,21-22H2,1-2H3;1H/b12-8+;. The molecule has 3 aromatic carbocycles. The van der Waals surface area contributed by atoms with Crippen LogP contribution in [-0.2, 0) is 17.9 Å². The number of piperazine rings is 1. The summed E-state index contributed by atoms with van der Waals surface area (Å²) in [4.78, 5) is 21.5. The summed E-state index contributed by atoms with van der Waals surface area (Å²) in [5, 5.41) is 1.41. The number of ether oxygens (including phenoxy) is 2. The molecule has 1 aliphatic rings. The van der Waals surface area contributed by atoms with E-state index >= 15 is 0 Å². The van der Waals surface area contributed by atoms with Gasteiger partial charge in [0.1, 0.15) is 12.4 Å². The molecule has 1 aromatic heterocycles. The Labute approximate surface area is 279 Å². The fraction of sp³-hybridized carbons (Fsp3) is 0.235. The molecule has 0 bridgehead atoms. The lowest BCUT2D eigenvalue weighted by Gasteiger charge is -2.34. The Balaban J connectivity index is 0.00000442. The van der Waals surface area contributed by atoms with Crippen molar-refractivity contribution in [3.63, 3.8) is 0 Å². The Morgan fingerprint density at radius 2 is 1.59 bits per heavy atom. The van der Waals surface area contributed by atoms with E-state index in [0.717, 1.165) is 36.3 Å². The minimum atomic E-state index is -0.00486. The van der Waals surface area contributed by atoms with Crippen LogP contribution >= 0.6 is 47.2 Å². The summed E-state index contributed by atoms with van der Waals surface area (Å²) in [5.74, 6) is 1.47. The number of halogens is 4. The highest BCUT2D eigenvalue weighted by Gasteiger charge is 2.20. The number of aromatic nitrogens is 1. The molecule has 1 saturated heterocycles. The number of hydrogen-bond acceptors (Lipinski definition) is 5. The largest absolute Gasteiger partial charge is 0.487 e. The number of pyridine rings is 1. The Bertz CT molecular complexity index is 1580. The molecule has 5 rings (SSSR count). The molecule has 2 heterocycles. The minimum Gasteiger partial charge on any atom is -0.487 e. The molecule has 44 heavy (non-hydrogen) atoms. The number of rotatable bonds is 9. The van der Waals surface area contributed by atoms with Gasteiger partial charge in [0.05, 0.1) is 21.3 Å². The first-order valence-corrected chi connectivity index (χ1v) is 15.1. The number of carbonyl (C=O) groups is 1. The fourth-order valence-electron chi connectivity index (χ4n) is 4.75. The Morgan fingerprint density at radius 3 is 2.25 bits per heavy atom. The van der Waals surface area contributed by atoms with Crippen molar-refractivity contribution in [3.8, 4) is 17.4 Å². The van der Waals surface area contributed by atoms with E-state index in [4.69, 9.17) is 44.3 Å². The van der Waals surface area contributed by atoms with Crippen molar-refractivity contribution in [1.29, 1.82) is 0 Å². The third-order valence-corrected chi connectivity index (χ3v) is 8.21. The maximum Gasteiger partial charge on any atom is 0.246 e. The zero-order chi connectivity index (χ0) is 30.3. The normalized spacial score (nSPS) is 13.5. The first kappa shape index (κ1) is 33.6. The number of hydrogen-bond donors (Lipinski definition) is 0. The van der Waals surface area contributed by atoms with Gasteiger partial charge < -0.3 is 14.4 Å². The van der Waals surface area contributed by atoms with Crippen molar-refractivity contribution >= 4 is 59.2 Å². The molecule has 10 heteroatoms. The van der Waals surface area contributed by atoms with E-state index in [2.05, 4.69) is 41.1 Å². The van der Waals surface area contributed by atoms with Gasteiger partial charge in [-0.3, -0.25) is 9.69 Å². The molecular weight excluding hydrogens is 640 g/mol. The quantitative estimate of drug-likeness (QED) is 0.166. The molecule has 1 aliphatic heterocycles. The highest BCUT2D eigenvalue weighted by Crippen LogP contribution is 2.34. The van der Waals surface area contributed by atoms with Crippen LogP contribution in [0.15, 0.2) is 79.0 Å². The first-order valence-electron chi connectivity index (χ1n) is 14.0. The lowest BCUT2D eigenvalue weighted by atomic mass is 10.1. The smallest absolute Gasteiger partial charge is 0.246 e. The van der Waals surface area contributed by atoms with Gasteiger partial charge in [-0.15, -0.1) is 12.4 Å². The molecule has 0 saturated carbocycles. The molecule has 0 spiro atoms. The van der Waals surface area contributed by atoms with Gasteiger partial charge in [-0.1, -0.05) is 70.7 Å². The van der Waals surface area contributed by atoms with Crippen LogP contribution in [0.2, 0.25) is 15.1 Å². The average Bonchev–Trinajstić information content (AvgIpc) is 3.00. The minimum absolute atomic E-state index is 0. The van der Waals surface area contributed by atoms with E-state index in [0.29, 0.717) is 52.1 Å². The van der Waals surface area contributed by atoms with Gasteiger partial charge in [-0.05, 0) is 72.5 Å². The van der Waals surface area contributed by atoms with Crippen LogP contribution < -0.4 is 9.47 Å². The van der Waals surface area contributed by atoms with Gasteiger partial charge in [0.2, 0.25) is 11.8 Å². The van der Waals surface area contributed by atoms with Gasteiger partial charge in [0.25, 0.3) is 0 Å². The van der Waals surface area contributed by atoms with Gasteiger partial charge in [-0.2, -0.15) is 0 Å². The zero-order valence-corrected chi connectivity index (χ0v) is 27.5. The van der Waals surface area contributed by atoms with Crippen molar-refractivity contribution in [2.24, 2.45) is 0 Å². The Hall–Kier alpha value is -3.26. The zero-order valence-electron chi connectivity index (χ0n) is 24.4. The molecule has 1 fully saturated rings. The highest BCUT2D eigenvalue weighted by molar-refractivity contribution is 6.42. The van der Waals surface area contributed by atoms with E-state index < -0.39 is 0 Å². The molecule has 0 atom stereocenters. The van der Waals surface area contributed by atoms with Crippen molar-refractivity contribution in [2.75, 3.05) is 26.2 Å². The average molecular weight is 673 g/mol. The van der Waals surface area contributed by atoms with Crippen molar-refractivity contribution in [2.45, 2.75) is 27.0 Å².